The SMILES string of the molecule is CNCC(=O)c1cc(F)cc(C)c1OC. The van der Waals surface area contributed by atoms with Gasteiger partial charge in [-0.2, -0.15) is 0 Å². The molecule has 1 rings (SSSR count). The van der Waals surface area contributed by atoms with Crippen molar-refractivity contribution < 1.29 is 13.9 Å². The molecule has 0 saturated carbocycles. The summed E-state index contributed by atoms with van der Waals surface area (Å²) in [7, 11) is 3.13. The standard InChI is InChI=1S/C11H14FNO2/c1-7-4-8(12)5-9(11(7)15-3)10(14)6-13-2/h4-5,13H,6H2,1-3H3. The van der Waals surface area contributed by atoms with E-state index in [1.165, 1.54) is 19.2 Å². The van der Waals surface area contributed by atoms with Crippen molar-refractivity contribution >= 4 is 5.78 Å². The molecule has 1 aromatic carbocycles. The third kappa shape index (κ3) is 2.53. The zero-order chi connectivity index (χ0) is 11.4. The van der Waals surface area contributed by atoms with E-state index >= 15 is 0 Å². The van der Waals surface area contributed by atoms with Gasteiger partial charge in [-0.05, 0) is 31.7 Å². The Morgan fingerprint density at radius 3 is 2.73 bits per heavy atom. The average molecular weight is 211 g/mol. The summed E-state index contributed by atoms with van der Waals surface area (Å²) in [4.78, 5) is 11.6. The van der Waals surface area contributed by atoms with Crippen LogP contribution in [0, 0.1) is 12.7 Å². The van der Waals surface area contributed by atoms with Crippen molar-refractivity contribution in [1.82, 2.24) is 5.32 Å². The highest BCUT2D eigenvalue weighted by Crippen LogP contribution is 2.24. The molecule has 0 heterocycles. The van der Waals surface area contributed by atoms with E-state index < -0.39 is 5.82 Å². The Bertz CT molecular complexity index is 377. The van der Waals surface area contributed by atoms with Gasteiger partial charge in [-0.25, -0.2) is 4.39 Å². The highest BCUT2D eigenvalue weighted by atomic mass is 19.1. The Morgan fingerprint density at radius 1 is 1.53 bits per heavy atom. The topological polar surface area (TPSA) is 38.3 Å². The maximum Gasteiger partial charge on any atom is 0.180 e. The highest BCUT2D eigenvalue weighted by Gasteiger charge is 2.15. The van der Waals surface area contributed by atoms with Crippen molar-refractivity contribution in [1.29, 1.82) is 0 Å². The van der Waals surface area contributed by atoms with E-state index in [1.807, 2.05) is 0 Å². The van der Waals surface area contributed by atoms with Gasteiger partial charge < -0.3 is 10.1 Å². The largest absolute Gasteiger partial charge is 0.496 e. The molecule has 3 nitrogen and oxygen atoms in total. The molecule has 0 fully saturated rings. The molecule has 0 bridgehead atoms. The Hall–Kier alpha value is -1.42. The fourth-order valence-electron chi connectivity index (χ4n) is 1.46. The second-order valence-electron chi connectivity index (χ2n) is 3.26. The van der Waals surface area contributed by atoms with Gasteiger partial charge in [0.05, 0.1) is 19.2 Å². The third-order valence-electron chi connectivity index (χ3n) is 2.08. The average Bonchev–Trinajstić information content (AvgIpc) is 2.17. The van der Waals surface area contributed by atoms with Gasteiger partial charge in [0.15, 0.2) is 5.78 Å². The number of likely N-dealkylation sites (N-methyl/N-ethyl adjacent to an activating group) is 1. The van der Waals surface area contributed by atoms with Crippen LogP contribution in [0.4, 0.5) is 4.39 Å². The van der Waals surface area contributed by atoms with Crippen LogP contribution < -0.4 is 10.1 Å². The first-order valence-corrected chi connectivity index (χ1v) is 4.62. The number of rotatable bonds is 4. The first kappa shape index (κ1) is 11.7. The number of carbonyl (C=O) groups is 1. The molecule has 15 heavy (non-hydrogen) atoms. The Kier molecular flexibility index (Phi) is 3.80. The number of nitrogens with one attached hydrogen (secondary N) is 1. The molecule has 0 saturated heterocycles. The van der Waals surface area contributed by atoms with E-state index in [9.17, 15) is 9.18 Å². The van der Waals surface area contributed by atoms with Crippen LogP contribution >= 0.6 is 0 Å². The molecule has 82 valence electrons. The number of methoxy groups -OCH3 is 1. The molecule has 4 heteroatoms. The minimum Gasteiger partial charge on any atom is -0.496 e. The lowest BCUT2D eigenvalue weighted by Gasteiger charge is -2.10. The van der Waals surface area contributed by atoms with Crippen LogP contribution in [-0.4, -0.2) is 26.5 Å². The quantitative estimate of drug-likeness (QED) is 0.768. The zero-order valence-electron chi connectivity index (χ0n) is 9.06. The van der Waals surface area contributed by atoms with Gasteiger partial charge in [-0.15, -0.1) is 0 Å². The molecular weight excluding hydrogens is 197 g/mol. The molecule has 0 aliphatic carbocycles. The van der Waals surface area contributed by atoms with Crippen LogP contribution in [0.15, 0.2) is 12.1 Å². The molecule has 1 aromatic rings. The van der Waals surface area contributed by atoms with Crippen molar-refractivity contribution in [2.75, 3.05) is 20.7 Å². The molecule has 0 aromatic heterocycles. The first-order valence-electron chi connectivity index (χ1n) is 4.62. The maximum atomic E-state index is 13.1. The number of ketones is 1. The minimum atomic E-state index is -0.423. The second-order valence-corrected chi connectivity index (χ2v) is 3.26. The fraction of sp³-hybridized carbons (Fsp3) is 0.364. The van der Waals surface area contributed by atoms with Crippen molar-refractivity contribution in [3.63, 3.8) is 0 Å². The zero-order valence-corrected chi connectivity index (χ0v) is 9.06. The molecule has 0 aliphatic rings. The van der Waals surface area contributed by atoms with Gasteiger partial charge in [0, 0.05) is 0 Å². The molecule has 0 aliphatic heterocycles. The second kappa shape index (κ2) is 4.89. The number of aryl methyl sites for hydroxylation is 1. The van der Waals surface area contributed by atoms with Gasteiger partial charge in [0.25, 0.3) is 0 Å². The molecule has 0 radical (unpaired) electrons. The van der Waals surface area contributed by atoms with Gasteiger partial charge >= 0.3 is 0 Å². The lowest BCUT2D eigenvalue weighted by atomic mass is 10.1. The molecule has 0 atom stereocenters. The molecule has 0 unspecified atom stereocenters. The lowest BCUT2D eigenvalue weighted by Crippen LogP contribution is -2.19. The van der Waals surface area contributed by atoms with Crippen LogP contribution in [0.1, 0.15) is 15.9 Å². The Balaban J connectivity index is 3.20. The van der Waals surface area contributed by atoms with Gasteiger partial charge in [0.2, 0.25) is 0 Å². The van der Waals surface area contributed by atoms with Gasteiger partial charge in [-0.1, -0.05) is 0 Å². The summed E-state index contributed by atoms with van der Waals surface area (Å²) in [5.41, 5.74) is 0.904. The minimum absolute atomic E-state index is 0.166. The van der Waals surface area contributed by atoms with Crippen LogP contribution in [0.3, 0.4) is 0 Å². The van der Waals surface area contributed by atoms with E-state index in [1.54, 1.807) is 14.0 Å². The molecule has 0 spiro atoms. The fourth-order valence-corrected chi connectivity index (χ4v) is 1.46. The van der Waals surface area contributed by atoms with Crippen molar-refractivity contribution in [2.24, 2.45) is 0 Å². The summed E-state index contributed by atoms with van der Waals surface area (Å²) in [5.74, 6) is -0.165. The number of ether oxygens (including phenoxy) is 1. The maximum absolute atomic E-state index is 13.1. The predicted octanol–water partition coefficient (Wildman–Crippen LogP) is 1.54. The van der Waals surface area contributed by atoms with Gasteiger partial charge in [0.1, 0.15) is 11.6 Å². The van der Waals surface area contributed by atoms with Gasteiger partial charge in [-0.3, -0.25) is 4.79 Å². The van der Waals surface area contributed by atoms with E-state index in [-0.39, 0.29) is 17.9 Å². The summed E-state index contributed by atoms with van der Waals surface area (Å²) in [6.07, 6.45) is 0. The molecule has 0 amide bonds. The summed E-state index contributed by atoms with van der Waals surface area (Å²) in [6, 6.07) is 2.54. The first-order chi connectivity index (χ1) is 7.10. The highest BCUT2D eigenvalue weighted by molar-refractivity contribution is 6.00. The predicted molar refractivity (Wildman–Crippen MR) is 55.9 cm³/mol. The summed E-state index contributed by atoms with van der Waals surface area (Å²) >= 11 is 0. The Morgan fingerprint density at radius 2 is 2.20 bits per heavy atom. The number of benzene rings is 1. The van der Waals surface area contributed by atoms with Crippen molar-refractivity contribution in [2.45, 2.75) is 6.92 Å². The summed E-state index contributed by atoms with van der Waals surface area (Å²) in [6.45, 7) is 1.87. The van der Waals surface area contributed by atoms with E-state index in [4.69, 9.17) is 4.74 Å². The Labute approximate surface area is 88.2 Å². The van der Waals surface area contributed by atoms with Crippen LogP contribution in [0.25, 0.3) is 0 Å². The normalized spacial score (nSPS) is 10.1. The van der Waals surface area contributed by atoms with Crippen LogP contribution in [0.5, 0.6) is 5.75 Å². The monoisotopic (exact) mass is 211 g/mol. The van der Waals surface area contributed by atoms with Crippen LogP contribution in [0.2, 0.25) is 0 Å². The number of Topliss-reactive ketones (excluding diaryl/α,β-unsaturated/α-hetero) is 1. The van der Waals surface area contributed by atoms with Crippen LogP contribution in [-0.2, 0) is 0 Å². The number of halogens is 1. The third-order valence-corrected chi connectivity index (χ3v) is 2.08. The van der Waals surface area contributed by atoms with E-state index in [0.717, 1.165) is 0 Å². The number of hydrogen-bond acceptors (Lipinski definition) is 3. The number of carbonyl (C=O) groups excluding carboxylic acids is 1. The lowest BCUT2D eigenvalue weighted by molar-refractivity contribution is 0.0990. The smallest absolute Gasteiger partial charge is 0.180 e. The molecular formula is C11H14FNO2. The summed E-state index contributed by atoms with van der Waals surface area (Å²) < 4.78 is 18.2. The van der Waals surface area contributed by atoms with E-state index in [2.05, 4.69) is 5.32 Å². The summed E-state index contributed by atoms with van der Waals surface area (Å²) in [5, 5.41) is 2.73. The van der Waals surface area contributed by atoms with E-state index in [0.29, 0.717) is 11.3 Å². The van der Waals surface area contributed by atoms with Crippen molar-refractivity contribution in [3.8, 4) is 5.75 Å². The van der Waals surface area contributed by atoms with Crippen molar-refractivity contribution in [3.05, 3.63) is 29.1 Å². The number of hydrogen-bond donors (Lipinski definition) is 1. The molecule has 1 N–H and O–H groups in total.